The SMILES string of the molecule is CCCCCCCCCCCOC(=O)C1CCCN1C(=O)CCCl. The molecule has 1 rings (SSSR count). The Bertz CT molecular complexity index is 363. The van der Waals surface area contributed by atoms with Crippen LogP contribution in [0.3, 0.4) is 0 Å². The van der Waals surface area contributed by atoms with Gasteiger partial charge < -0.3 is 9.64 Å². The van der Waals surface area contributed by atoms with Crippen LogP contribution < -0.4 is 0 Å². The van der Waals surface area contributed by atoms with Crippen LogP contribution in [0.5, 0.6) is 0 Å². The zero-order chi connectivity index (χ0) is 17.6. The number of amides is 1. The van der Waals surface area contributed by atoms with Crippen LogP contribution in [-0.4, -0.2) is 41.8 Å². The van der Waals surface area contributed by atoms with E-state index in [9.17, 15) is 9.59 Å². The van der Waals surface area contributed by atoms with Gasteiger partial charge in [-0.25, -0.2) is 4.79 Å². The first-order valence-electron chi connectivity index (χ1n) is 9.72. The summed E-state index contributed by atoms with van der Waals surface area (Å²) in [5, 5.41) is 0. The molecule has 4 nitrogen and oxygen atoms in total. The number of hydrogen-bond donors (Lipinski definition) is 0. The Morgan fingerprint density at radius 3 is 2.29 bits per heavy atom. The number of rotatable bonds is 13. The van der Waals surface area contributed by atoms with Crippen molar-refractivity contribution in [1.29, 1.82) is 0 Å². The van der Waals surface area contributed by atoms with Crippen molar-refractivity contribution in [2.24, 2.45) is 0 Å². The highest BCUT2D eigenvalue weighted by atomic mass is 35.5. The van der Waals surface area contributed by atoms with Crippen molar-refractivity contribution < 1.29 is 14.3 Å². The molecule has 0 aromatic carbocycles. The number of halogens is 1. The number of ether oxygens (including phenoxy) is 1. The molecule has 1 heterocycles. The minimum atomic E-state index is -0.390. The normalized spacial score (nSPS) is 17.2. The molecule has 0 bridgehead atoms. The number of nitrogens with zero attached hydrogens (tertiary/aromatic N) is 1. The van der Waals surface area contributed by atoms with Crippen LogP contribution in [0.4, 0.5) is 0 Å². The molecule has 140 valence electrons. The lowest BCUT2D eigenvalue weighted by atomic mass is 10.1. The highest BCUT2D eigenvalue weighted by Crippen LogP contribution is 2.20. The minimum absolute atomic E-state index is 0.0347. The first-order valence-corrected chi connectivity index (χ1v) is 10.3. The molecule has 0 aliphatic carbocycles. The average molecular weight is 360 g/mol. The first kappa shape index (κ1) is 21.3. The zero-order valence-corrected chi connectivity index (χ0v) is 16.0. The van der Waals surface area contributed by atoms with Gasteiger partial charge in [-0.15, -0.1) is 11.6 Å². The molecule has 1 unspecified atom stereocenters. The Kier molecular flexibility index (Phi) is 12.0. The van der Waals surface area contributed by atoms with Gasteiger partial charge in [-0.3, -0.25) is 4.79 Å². The summed E-state index contributed by atoms with van der Waals surface area (Å²) < 4.78 is 5.38. The summed E-state index contributed by atoms with van der Waals surface area (Å²) in [5.41, 5.74) is 0. The molecule has 0 spiro atoms. The Labute approximate surface area is 152 Å². The van der Waals surface area contributed by atoms with Crippen LogP contribution in [0, 0.1) is 0 Å². The van der Waals surface area contributed by atoms with Gasteiger partial charge in [0.2, 0.25) is 5.91 Å². The fourth-order valence-electron chi connectivity index (χ4n) is 3.22. The Hall–Kier alpha value is -0.770. The monoisotopic (exact) mass is 359 g/mol. The van der Waals surface area contributed by atoms with E-state index in [-0.39, 0.29) is 17.9 Å². The van der Waals surface area contributed by atoms with Crippen molar-refractivity contribution in [1.82, 2.24) is 4.90 Å². The maximum atomic E-state index is 12.2. The fraction of sp³-hybridized carbons (Fsp3) is 0.895. The highest BCUT2D eigenvalue weighted by Gasteiger charge is 2.34. The maximum absolute atomic E-state index is 12.2. The smallest absolute Gasteiger partial charge is 0.328 e. The van der Waals surface area contributed by atoms with Crippen LogP contribution in [0.2, 0.25) is 0 Å². The van der Waals surface area contributed by atoms with Gasteiger partial charge in [-0.05, 0) is 19.3 Å². The van der Waals surface area contributed by atoms with Crippen LogP contribution in [0.15, 0.2) is 0 Å². The lowest BCUT2D eigenvalue weighted by molar-refractivity contribution is -0.153. The summed E-state index contributed by atoms with van der Waals surface area (Å²) in [6.45, 7) is 3.36. The Balaban J connectivity index is 2.06. The number of likely N-dealkylation sites (tertiary alicyclic amines) is 1. The van der Waals surface area contributed by atoms with Crippen LogP contribution in [0.1, 0.15) is 84.0 Å². The van der Waals surface area contributed by atoms with E-state index in [2.05, 4.69) is 6.92 Å². The minimum Gasteiger partial charge on any atom is -0.464 e. The van der Waals surface area contributed by atoms with E-state index in [1.54, 1.807) is 4.90 Å². The number of unbranched alkanes of at least 4 members (excludes halogenated alkanes) is 8. The van der Waals surface area contributed by atoms with Crippen molar-refractivity contribution in [3.05, 3.63) is 0 Å². The molecule has 1 aliphatic rings. The summed E-state index contributed by atoms with van der Waals surface area (Å²) in [6.07, 6.45) is 13.1. The van der Waals surface area contributed by atoms with Gasteiger partial charge >= 0.3 is 5.97 Å². The van der Waals surface area contributed by atoms with E-state index >= 15 is 0 Å². The molecule has 1 atom stereocenters. The van der Waals surface area contributed by atoms with Gasteiger partial charge in [0.05, 0.1) is 6.61 Å². The third-order valence-electron chi connectivity index (χ3n) is 4.65. The fourth-order valence-corrected chi connectivity index (χ4v) is 3.38. The molecule has 1 aliphatic heterocycles. The van der Waals surface area contributed by atoms with E-state index in [1.807, 2.05) is 0 Å². The third kappa shape index (κ3) is 8.36. The number of carbonyl (C=O) groups excluding carboxylic acids is 2. The van der Waals surface area contributed by atoms with Crippen molar-refractivity contribution in [2.75, 3.05) is 19.0 Å². The van der Waals surface area contributed by atoms with Crippen LogP contribution in [0.25, 0.3) is 0 Å². The number of esters is 1. The van der Waals surface area contributed by atoms with E-state index in [0.29, 0.717) is 31.9 Å². The summed E-state index contributed by atoms with van der Waals surface area (Å²) in [6, 6.07) is -0.390. The summed E-state index contributed by atoms with van der Waals surface area (Å²) in [5.74, 6) is 0.0257. The second-order valence-electron chi connectivity index (χ2n) is 6.68. The summed E-state index contributed by atoms with van der Waals surface area (Å²) in [4.78, 5) is 25.7. The second kappa shape index (κ2) is 13.5. The lowest BCUT2D eigenvalue weighted by Crippen LogP contribution is -2.41. The molecule has 0 saturated carbocycles. The zero-order valence-electron chi connectivity index (χ0n) is 15.2. The predicted octanol–water partition coefficient (Wildman–Crippen LogP) is 4.68. The summed E-state index contributed by atoms with van der Waals surface area (Å²) in [7, 11) is 0. The molecule has 24 heavy (non-hydrogen) atoms. The van der Waals surface area contributed by atoms with Crippen LogP contribution >= 0.6 is 11.6 Å². The molecule has 1 saturated heterocycles. The molecule has 0 aromatic rings. The number of alkyl halides is 1. The van der Waals surface area contributed by atoms with E-state index in [1.165, 1.54) is 44.9 Å². The standard InChI is InChI=1S/C19H34ClNO3/c1-2-3-4-5-6-7-8-9-10-16-24-19(23)17-12-11-15-21(17)18(22)13-14-20/h17H,2-16H2,1H3. The van der Waals surface area contributed by atoms with Gasteiger partial charge in [-0.1, -0.05) is 58.3 Å². The lowest BCUT2D eigenvalue weighted by Gasteiger charge is -2.23. The third-order valence-corrected chi connectivity index (χ3v) is 4.83. The molecule has 0 radical (unpaired) electrons. The van der Waals surface area contributed by atoms with Gasteiger partial charge in [0.1, 0.15) is 6.04 Å². The molecular formula is C19H34ClNO3. The predicted molar refractivity (Wildman–Crippen MR) is 98.3 cm³/mol. The maximum Gasteiger partial charge on any atom is 0.328 e. The van der Waals surface area contributed by atoms with E-state index in [0.717, 1.165) is 19.3 Å². The summed E-state index contributed by atoms with van der Waals surface area (Å²) >= 11 is 5.62. The molecule has 0 aromatic heterocycles. The quantitative estimate of drug-likeness (QED) is 0.272. The average Bonchev–Trinajstić information content (AvgIpc) is 3.06. The topological polar surface area (TPSA) is 46.6 Å². The second-order valence-corrected chi connectivity index (χ2v) is 7.06. The molecule has 0 N–H and O–H groups in total. The van der Waals surface area contributed by atoms with Crippen molar-refractivity contribution in [2.45, 2.75) is 90.0 Å². The molecule has 1 amide bonds. The van der Waals surface area contributed by atoms with E-state index in [4.69, 9.17) is 16.3 Å². The van der Waals surface area contributed by atoms with Gasteiger partial charge in [0.25, 0.3) is 0 Å². The molecular weight excluding hydrogens is 326 g/mol. The van der Waals surface area contributed by atoms with Crippen molar-refractivity contribution in [3.8, 4) is 0 Å². The number of carbonyl (C=O) groups is 2. The van der Waals surface area contributed by atoms with Crippen LogP contribution in [-0.2, 0) is 14.3 Å². The Morgan fingerprint density at radius 1 is 1.04 bits per heavy atom. The van der Waals surface area contributed by atoms with Crippen molar-refractivity contribution in [3.63, 3.8) is 0 Å². The first-order chi connectivity index (χ1) is 11.7. The molecule has 5 heteroatoms. The number of hydrogen-bond acceptors (Lipinski definition) is 3. The van der Waals surface area contributed by atoms with E-state index < -0.39 is 0 Å². The van der Waals surface area contributed by atoms with Gasteiger partial charge in [0.15, 0.2) is 0 Å². The van der Waals surface area contributed by atoms with Crippen molar-refractivity contribution >= 4 is 23.5 Å². The van der Waals surface area contributed by atoms with Gasteiger partial charge in [-0.2, -0.15) is 0 Å². The largest absolute Gasteiger partial charge is 0.464 e. The highest BCUT2D eigenvalue weighted by molar-refractivity contribution is 6.18. The molecule has 1 fully saturated rings. The van der Waals surface area contributed by atoms with Gasteiger partial charge in [0, 0.05) is 18.8 Å². The Morgan fingerprint density at radius 2 is 1.67 bits per heavy atom.